The molecule has 2 saturated heterocycles. The van der Waals surface area contributed by atoms with Gasteiger partial charge in [-0.25, -0.2) is 14.2 Å². The zero-order chi connectivity index (χ0) is 24.1. The lowest BCUT2D eigenvalue weighted by atomic mass is 9.68. The van der Waals surface area contributed by atoms with Gasteiger partial charge in [-0.3, -0.25) is 4.57 Å². The van der Waals surface area contributed by atoms with E-state index in [1.54, 1.807) is 17.0 Å². The third-order valence-electron chi connectivity index (χ3n) is 6.38. The summed E-state index contributed by atoms with van der Waals surface area (Å²) in [5.74, 6) is -0.925. The van der Waals surface area contributed by atoms with Crippen LogP contribution in [0.1, 0.15) is 15.3 Å². The van der Waals surface area contributed by atoms with Crippen molar-refractivity contribution in [2.24, 2.45) is 11.8 Å². The molecule has 5 rings (SSSR count). The highest BCUT2D eigenvalue weighted by atomic mass is 32.1. The normalized spacial score (nSPS) is 24.9. The molecule has 2 aliphatic rings. The molecule has 0 amide bonds. The molecule has 34 heavy (non-hydrogen) atoms. The van der Waals surface area contributed by atoms with Crippen molar-refractivity contribution in [3.63, 3.8) is 0 Å². The van der Waals surface area contributed by atoms with Crippen molar-refractivity contribution in [1.29, 1.82) is 0 Å². The number of hydrogen-bond acceptors (Lipinski definition) is 7. The lowest BCUT2D eigenvalue weighted by molar-refractivity contribution is -0.169. The summed E-state index contributed by atoms with van der Waals surface area (Å²) in [5, 5.41) is 11.6. The molecule has 0 spiro atoms. The van der Waals surface area contributed by atoms with Gasteiger partial charge < -0.3 is 14.7 Å². The van der Waals surface area contributed by atoms with Crippen LogP contribution in [0.4, 0.5) is 23.5 Å². The molecular weight excluding hydrogens is 476 g/mol. The van der Waals surface area contributed by atoms with E-state index in [4.69, 9.17) is 4.74 Å². The number of benzene rings is 1. The molecule has 180 valence electrons. The number of piperidine rings is 1. The maximum atomic E-state index is 13.4. The fourth-order valence-electron chi connectivity index (χ4n) is 4.68. The quantitative estimate of drug-likeness (QED) is 0.560. The Kier molecular flexibility index (Phi) is 5.69. The second-order valence-electron chi connectivity index (χ2n) is 8.50. The SMILES string of the molecule is O=c1nc(N2C[C@H]3COC[C@@H](C2)C3(O)c2ccc(F)cc2)ncn1Cc1ccc(C(F)(F)F)s1. The number of halogens is 4. The van der Waals surface area contributed by atoms with E-state index in [0.717, 1.165) is 10.6 Å². The molecule has 1 N–H and O–H groups in total. The molecule has 2 aliphatic heterocycles. The lowest BCUT2D eigenvalue weighted by Gasteiger charge is -2.52. The highest BCUT2D eigenvalue weighted by Crippen LogP contribution is 2.45. The number of rotatable bonds is 4. The number of nitrogens with zero attached hydrogens (tertiary/aromatic N) is 4. The Bertz CT molecular complexity index is 1230. The summed E-state index contributed by atoms with van der Waals surface area (Å²) in [4.78, 5) is 22.3. The molecule has 4 heterocycles. The van der Waals surface area contributed by atoms with Crippen LogP contribution in [0.3, 0.4) is 0 Å². The summed E-state index contributed by atoms with van der Waals surface area (Å²) >= 11 is 0.569. The minimum Gasteiger partial charge on any atom is -0.384 e. The van der Waals surface area contributed by atoms with Gasteiger partial charge in [0, 0.05) is 29.8 Å². The van der Waals surface area contributed by atoms with Crippen molar-refractivity contribution in [3.05, 3.63) is 74.3 Å². The summed E-state index contributed by atoms with van der Waals surface area (Å²) in [6.07, 6.45) is -3.16. The molecule has 7 nitrogen and oxygen atoms in total. The maximum Gasteiger partial charge on any atom is 0.425 e. The molecule has 2 fully saturated rings. The van der Waals surface area contributed by atoms with Crippen LogP contribution in [0.15, 0.2) is 47.5 Å². The Hall–Kier alpha value is -2.83. The first-order valence-electron chi connectivity index (χ1n) is 10.5. The van der Waals surface area contributed by atoms with Gasteiger partial charge >= 0.3 is 11.9 Å². The predicted octanol–water partition coefficient (Wildman–Crippen LogP) is 2.88. The summed E-state index contributed by atoms with van der Waals surface area (Å²) in [7, 11) is 0. The first kappa shape index (κ1) is 22.9. The number of fused-ring (bicyclic) bond motifs is 2. The zero-order valence-corrected chi connectivity index (χ0v) is 18.5. The monoisotopic (exact) mass is 496 g/mol. The van der Waals surface area contributed by atoms with Crippen LogP contribution < -0.4 is 10.6 Å². The third kappa shape index (κ3) is 4.10. The van der Waals surface area contributed by atoms with Crippen molar-refractivity contribution in [3.8, 4) is 0 Å². The van der Waals surface area contributed by atoms with Gasteiger partial charge in [-0.2, -0.15) is 18.2 Å². The molecule has 2 aromatic heterocycles. The minimum atomic E-state index is -4.43. The summed E-state index contributed by atoms with van der Waals surface area (Å²) in [5.41, 5.74) is -1.24. The Morgan fingerprint density at radius 3 is 2.38 bits per heavy atom. The second-order valence-corrected chi connectivity index (χ2v) is 9.67. The van der Waals surface area contributed by atoms with E-state index in [1.165, 1.54) is 24.5 Å². The van der Waals surface area contributed by atoms with Gasteiger partial charge in [-0.15, -0.1) is 11.3 Å². The Balaban J connectivity index is 1.35. The Morgan fingerprint density at radius 2 is 1.79 bits per heavy atom. The molecule has 0 saturated carbocycles. The topological polar surface area (TPSA) is 80.5 Å². The van der Waals surface area contributed by atoms with Gasteiger partial charge in [0.05, 0.1) is 19.8 Å². The van der Waals surface area contributed by atoms with Crippen molar-refractivity contribution >= 4 is 17.3 Å². The number of anilines is 1. The maximum absolute atomic E-state index is 13.4. The average molecular weight is 496 g/mol. The van der Waals surface area contributed by atoms with Crippen LogP contribution in [0.5, 0.6) is 0 Å². The highest BCUT2D eigenvalue weighted by molar-refractivity contribution is 7.12. The summed E-state index contributed by atoms with van der Waals surface area (Å²) < 4.78 is 58.7. The van der Waals surface area contributed by atoms with Crippen molar-refractivity contribution in [2.75, 3.05) is 31.2 Å². The summed E-state index contributed by atoms with van der Waals surface area (Å²) in [6, 6.07) is 8.08. The first-order chi connectivity index (χ1) is 16.1. The van der Waals surface area contributed by atoms with E-state index < -0.39 is 28.2 Å². The molecular formula is C22H20F4N4O3S. The van der Waals surface area contributed by atoms with E-state index in [1.807, 2.05) is 0 Å². The molecule has 1 unspecified atom stereocenters. The van der Waals surface area contributed by atoms with Crippen LogP contribution in [0.25, 0.3) is 0 Å². The van der Waals surface area contributed by atoms with Crippen molar-refractivity contribution < 1.29 is 27.4 Å². The predicted molar refractivity (Wildman–Crippen MR) is 115 cm³/mol. The Morgan fingerprint density at radius 1 is 1.12 bits per heavy atom. The van der Waals surface area contributed by atoms with Gasteiger partial charge in [-0.05, 0) is 29.8 Å². The van der Waals surface area contributed by atoms with Crippen LogP contribution in [0, 0.1) is 17.7 Å². The largest absolute Gasteiger partial charge is 0.425 e. The zero-order valence-electron chi connectivity index (χ0n) is 17.7. The number of hydrogen-bond donors (Lipinski definition) is 1. The third-order valence-corrected chi connectivity index (χ3v) is 7.49. The van der Waals surface area contributed by atoms with Crippen LogP contribution in [0.2, 0.25) is 0 Å². The smallest absolute Gasteiger partial charge is 0.384 e. The molecule has 3 atom stereocenters. The number of alkyl halides is 3. The summed E-state index contributed by atoms with van der Waals surface area (Å²) in [6.45, 7) is 1.11. The fourth-order valence-corrected chi connectivity index (χ4v) is 5.55. The number of aromatic nitrogens is 3. The molecule has 3 aromatic rings. The lowest BCUT2D eigenvalue weighted by Crippen LogP contribution is -2.62. The van der Waals surface area contributed by atoms with Gasteiger partial charge in [-0.1, -0.05) is 12.1 Å². The number of aliphatic hydroxyl groups is 1. The van der Waals surface area contributed by atoms with Crippen LogP contribution in [-0.2, 0) is 23.1 Å². The van der Waals surface area contributed by atoms with Crippen LogP contribution in [-0.4, -0.2) is 45.9 Å². The molecule has 12 heteroatoms. The number of ether oxygens (including phenoxy) is 1. The first-order valence-corrected chi connectivity index (χ1v) is 11.4. The van der Waals surface area contributed by atoms with Crippen molar-refractivity contribution in [2.45, 2.75) is 18.3 Å². The Labute approximate surface area is 195 Å². The minimum absolute atomic E-state index is 0.0662. The van der Waals surface area contributed by atoms with Gasteiger partial charge in [0.1, 0.15) is 22.6 Å². The molecule has 0 aliphatic carbocycles. The fraction of sp³-hybridized carbons (Fsp3) is 0.409. The molecule has 1 aromatic carbocycles. The van der Waals surface area contributed by atoms with E-state index >= 15 is 0 Å². The van der Waals surface area contributed by atoms with E-state index in [2.05, 4.69) is 9.97 Å². The van der Waals surface area contributed by atoms with Crippen molar-refractivity contribution in [1.82, 2.24) is 14.5 Å². The molecule has 2 bridgehead atoms. The van der Waals surface area contributed by atoms with Gasteiger partial charge in [0.25, 0.3) is 0 Å². The second kappa shape index (κ2) is 8.43. The van der Waals surface area contributed by atoms with E-state index in [0.29, 0.717) is 34.9 Å². The average Bonchev–Trinajstić information content (AvgIpc) is 3.25. The van der Waals surface area contributed by atoms with E-state index in [-0.39, 0.29) is 37.5 Å². The standard InChI is InChI=1S/C22H20F4N4O3S/c23-16-3-1-13(2-4-16)21(32)14-7-29(8-15(21)11-33-10-14)19-27-12-30(20(31)28-19)9-17-5-6-18(34-17)22(24,25)26/h1-6,12,14-15,32H,7-11H2/t14-,15+,21?. The van der Waals surface area contributed by atoms with Gasteiger partial charge in [0.15, 0.2) is 0 Å². The number of thiophene rings is 1. The van der Waals surface area contributed by atoms with Gasteiger partial charge in [0.2, 0.25) is 5.95 Å². The van der Waals surface area contributed by atoms with E-state index in [9.17, 15) is 27.5 Å². The highest BCUT2D eigenvalue weighted by Gasteiger charge is 2.53. The molecule has 0 radical (unpaired) electrons. The van der Waals surface area contributed by atoms with Crippen LogP contribution >= 0.6 is 11.3 Å².